The van der Waals surface area contributed by atoms with E-state index in [2.05, 4.69) is 0 Å². The third-order valence-corrected chi connectivity index (χ3v) is 5.09. The highest BCUT2D eigenvalue weighted by atomic mass is 16.6. The van der Waals surface area contributed by atoms with Crippen molar-refractivity contribution in [2.45, 2.75) is 26.2 Å². The standard InChI is InChI=1S/C20H27NO5/c1-16-18(26-13-12-24-16)19(23)21-10-5-8-20(14-21,15-22)9-11-25-17-6-3-2-4-7-17/h2-4,6-7,22H,5,8-15H2,1H3/t20-/m0/s1. The zero-order valence-electron chi connectivity index (χ0n) is 15.3. The SMILES string of the molecule is CC1=C(C(=O)N2CCC[C@](CO)(CCOc3ccccc3)C2)OCCO1. The Balaban J connectivity index is 1.61. The molecule has 0 aromatic heterocycles. The van der Waals surface area contributed by atoms with Crippen LogP contribution >= 0.6 is 0 Å². The maximum atomic E-state index is 12.8. The van der Waals surface area contributed by atoms with Gasteiger partial charge in [-0.1, -0.05) is 18.2 Å². The lowest BCUT2D eigenvalue weighted by molar-refractivity contribution is -0.137. The molecule has 2 aliphatic rings. The second-order valence-corrected chi connectivity index (χ2v) is 6.98. The molecule has 0 radical (unpaired) electrons. The van der Waals surface area contributed by atoms with Crippen LogP contribution in [0.5, 0.6) is 5.75 Å². The summed E-state index contributed by atoms with van der Waals surface area (Å²) < 4.78 is 16.8. The number of amides is 1. The van der Waals surface area contributed by atoms with Crippen molar-refractivity contribution < 1.29 is 24.1 Å². The van der Waals surface area contributed by atoms with E-state index in [-0.39, 0.29) is 17.9 Å². The van der Waals surface area contributed by atoms with Gasteiger partial charge >= 0.3 is 0 Å². The van der Waals surface area contributed by atoms with Crippen molar-refractivity contribution in [1.29, 1.82) is 0 Å². The molecule has 1 N–H and O–H groups in total. The predicted octanol–water partition coefficient (Wildman–Crippen LogP) is 2.33. The molecule has 2 heterocycles. The fraction of sp³-hybridized carbons (Fsp3) is 0.550. The largest absolute Gasteiger partial charge is 0.494 e. The Bertz CT molecular complexity index is 645. The molecule has 3 rings (SSSR count). The van der Waals surface area contributed by atoms with Crippen molar-refractivity contribution in [1.82, 2.24) is 4.90 Å². The fourth-order valence-electron chi connectivity index (χ4n) is 3.56. The lowest BCUT2D eigenvalue weighted by Crippen LogP contribution is -2.49. The van der Waals surface area contributed by atoms with Crippen LogP contribution in [-0.4, -0.2) is 55.4 Å². The second kappa shape index (κ2) is 8.45. The van der Waals surface area contributed by atoms with Crippen LogP contribution in [0.15, 0.2) is 41.9 Å². The molecule has 1 aromatic carbocycles. The Morgan fingerprint density at radius 2 is 2.04 bits per heavy atom. The van der Waals surface area contributed by atoms with Gasteiger partial charge in [0.25, 0.3) is 5.91 Å². The summed E-state index contributed by atoms with van der Waals surface area (Å²) in [6, 6.07) is 9.64. The first-order valence-electron chi connectivity index (χ1n) is 9.18. The molecule has 1 aromatic rings. The van der Waals surface area contributed by atoms with Gasteiger partial charge in [0.1, 0.15) is 24.7 Å². The molecule has 1 atom stereocenters. The normalized spacial score (nSPS) is 23.2. The molecular weight excluding hydrogens is 334 g/mol. The summed E-state index contributed by atoms with van der Waals surface area (Å²) in [6.45, 7) is 4.32. The number of likely N-dealkylation sites (tertiary alicyclic amines) is 1. The molecule has 0 bridgehead atoms. The molecule has 0 aliphatic carbocycles. The summed E-state index contributed by atoms with van der Waals surface area (Å²) in [5.74, 6) is 1.50. The summed E-state index contributed by atoms with van der Waals surface area (Å²) in [5, 5.41) is 10.0. The molecule has 6 heteroatoms. The van der Waals surface area contributed by atoms with Crippen molar-refractivity contribution >= 4 is 5.91 Å². The first-order valence-corrected chi connectivity index (χ1v) is 9.18. The number of rotatable bonds is 6. The Hall–Kier alpha value is -2.21. The van der Waals surface area contributed by atoms with E-state index in [0.717, 1.165) is 18.6 Å². The van der Waals surface area contributed by atoms with Crippen LogP contribution in [0, 0.1) is 5.41 Å². The van der Waals surface area contributed by atoms with E-state index in [1.54, 1.807) is 11.8 Å². The highest BCUT2D eigenvalue weighted by Gasteiger charge is 2.38. The Kier molecular flexibility index (Phi) is 6.04. The number of aliphatic hydroxyl groups excluding tert-OH is 1. The van der Waals surface area contributed by atoms with Crippen LogP contribution in [-0.2, 0) is 14.3 Å². The van der Waals surface area contributed by atoms with Gasteiger partial charge in [0, 0.05) is 18.5 Å². The number of allylic oxidation sites excluding steroid dienone is 1. The summed E-state index contributed by atoms with van der Waals surface area (Å²) >= 11 is 0. The summed E-state index contributed by atoms with van der Waals surface area (Å²) in [6.07, 6.45) is 2.42. The molecular formula is C20H27NO5. The van der Waals surface area contributed by atoms with E-state index in [9.17, 15) is 9.90 Å². The molecule has 1 saturated heterocycles. The van der Waals surface area contributed by atoms with Crippen LogP contribution in [0.25, 0.3) is 0 Å². The van der Waals surface area contributed by atoms with Crippen molar-refractivity contribution in [3.05, 3.63) is 41.9 Å². The zero-order chi connectivity index (χ0) is 18.4. The number of nitrogens with zero attached hydrogens (tertiary/aromatic N) is 1. The zero-order valence-corrected chi connectivity index (χ0v) is 15.3. The molecule has 142 valence electrons. The number of benzene rings is 1. The van der Waals surface area contributed by atoms with E-state index in [4.69, 9.17) is 14.2 Å². The molecule has 26 heavy (non-hydrogen) atoms. The molecule has 1 amide bonds. The molecule has 0 saturated carbocycles. The smallest absolute Gasteiger partial charge is 0.292 e. The maximum absolute atomic E-state index is 12.8. The Morgan fingerprint density at radius 1 is 1.27 bits per heavy atom. The van der Waals surface area contributed by atoms with Crippen LogP contribution in [0.4, 0.5) is 0 Å². The van der Waals surface area contributed by atoms with Crippen molar-refractivity contribution in [2.75, 3.05) is 39.5 Å². The van der Waals surface area contributed by atoms with Crippen LogP contribution in [0.1, 0.15) is 26.2 Å². The number of hydrogen-bond acceptors (Lipinski definition) is 5. The molecule has 2 aliphatic heterocycles. The topological polar surface area (TPSA) is 68.2 Å². The Morgan fingerprint density at radius 3 is 2.77 bits per heavy atom. The molecule has 0 unspecified atom stereocenters. The number of aliphatic hydroxyl groups is 1. The van der Waals surface area contributed by atoms with E-state index in [1.165, 1.54) is 0 Å². The minimum absolute atomic E-state index is 0.0321. The minimum atomic E-state index is -0.341. The van der Waals surface area contributed by atoms with Gasteiger partial charge in [-0.15, -0.1) is 0 Å². The minimum Gasteiger partial charge on any atom is -0.494 e. The maximum Gasteiger partial charge on any atom is 0.292 e. The van der Waals surface area contributed by atoms with E-state index >= 15 is 0 Å². The number of ether oxygens (including phenoxy) is 3. The van der Waals surface area contributed by atoms with E-state index in [1.807, 2.05) is 30.3 Å². The lowest BCUT2D eigenvalue weighted by Gasteiger charge is -2.42. The van der Waals surface area contributed by atoms with Gasteiger partial charge in [-0.2, -0.15) is 0 Å². The quantitative estimate of drug-likeness (QED) is 0.842. The first-order chi connectivity index (χ1) is 12.6. The average molecular weight is 361 g/mol. The van der Waals surface area contributed by atoms with Crippen LogP contribution < -0.4 is 4.74 Å². The van der Waals surface area contributed by atoms with Gasteiger partial charge in [0.2, 0.25) is 5.76 Å². The number of hydrogen-bond donors (Lipinski definition) is 1. The van der Waals surface area contributed by atoms with Gasteiger partial charge in [0.05, 0.1) is 13.2 Å². The van der Waals surface area contributed by atoms with Gasteiger partial charge in [-0.25, -0.2) is 0 Å². The van der Waals surface area contributed by atoms with Crippen LogP contribution in [0.3, 0.4) is 0 Å². The number of carbonyl (C=O) groups is 1. The van der Waals surface area contributed by atoms with Crippen LogP contribution in [0.2, 0.25) is 0 Å². The summed E-state index contributed by atoms with van der Waals surface area (Å²) in [7, 11) is 0. The number of carbonyl (C=O) groups excluding carboxylic acids is 1. The fourth-order valence-corrected chi connectivity index (χ4v) is 3.56. The third-order valence-electron chi connectivity index (χ3n) is 5.09. The summed E-state index contributed by atoms with van der Waals surface area (Å²) in [5.41, 5.74) is -0.341. The predicted molar refractivity (Wildman–Crippen MR) is 96.5 cm³/mol. The van der Waals surface area contributed by atoms with E-state index < -0.39 is 0 Å². The van der Waals surface area contributed by atoms with E-state index in [0.29, 0.717) is 50.8 Å². The Labute approximate surface area is 154 Å². The van der Waals surface area contributed by atoms with Gasteiger partial charge in [-0.05, 0) is 38.3 Å². The number of para-hydroxylation sites is 1. The van der Waals surface area contributed by atoms with Gasteiger partial charge < -0.3 is 24.2 Å². The third kappa shape index (κ3) is 4.30. The van der Waals surface area contributed by atoms with Crippen molar-refractivity contribution in [3.63, 3.8) is 0 Å². The summed E-state index contributed by atoms with van der Waals surface area (Å²) in [4.78, 5) is 14.6. The lowest BCUT2D eigenvalue weighted by atomic mass is 9.78. The highest BCUT2D eigenvalue weighted by molar-refractivity contribution is 5.92. The highest BCUT2D eigenvalue weighted by Crippen LogP contribution is 2.34. The average Bonchev–Trinajstić information content (AvgIpc) is 2.69. The second-order valence-electron chi connectivity index (χ2n) is 6.98. The number of piperidine rings is 1. The molecule has 6 nitrogen and oxygen atoms in total. The van der Waals surface area contributed by atoms with Gasteiger partial charge in [0.15, 0.2) is 0 Å². The molecule has 1 fully saturated rings. The van der Waals surface area contributed by atoms with Crippen molar-refractivity contribution in [2.24, 2.45) is 5.41 Å². The molecule has 0 spiro atoms. The van der Waals surface area contributed by atoms with Crippen molar-refractivity contribution in [3.8, 4) is 5.75 Å². The monoisotopic (exact) mass is 361 g/mol. The first kappa shape index (κ1) is 18.6. The van der Waals surface area contributed by atoms with Gasteiger partial charge in [-0.3, -0.25) is 4.79 Å².